The van der Waals surface area contributed by atoms with Gasteiger partial charge >= 0.3 is 0 Å². The summed E-state index contributed by atoms with van der Waals surface area (Å²) in [7, 11) is 2.18. The molecule has 0 unspecified atom stereocenters. The Morgan fingerprint density at radius 3 is 2.95 bits per heavy atom. The second kappa shape index (κ2) is 7.60. The number of nitrogens with zero attached hydrogens (tertiary/aromatic N) is 2. The largest absolute Gasteiger partial charge is 0.492 e. The van der Waals surface area contributed by atoms with E-state index in [4.69, 9.17) is 4.74 Å². The molecule has 0 saturated heterocycles. The Morgan fingerprint density at radius 1 is 1.45 bits per heavy atom. The molecule has 1 N–H and O–H groups in total. The van der Waals surface area contributed by atoms with E-state index in [2.05, 4.69) is 36.1 Å². The van der Waals surface area contributed by atoms with Crippen LogP contribution >= 0.6 is 0 Å². The second-order valence-electron chi connectivity index (χ2n) is 6.07. The zero-order valence-corrected chi connectivity index (χ0v) is 12.9. The average molecular weight is 277 g/mol. The van der Waals surface area contributed by atoms with Crippen molar-refractivity contribution in [3.05, 3.63) is 24.0 Å². The van der Waals surface area contributed by atoms with Gasteiger partial charge in [0, 0.05) is 31.4 Å². The molecule has 1 heterocycles. The lowest BCUT2D eigenvalue weighted by molar-refractivity contribution is 0.231. The molecule has 2 rings (SSSR count). The summed E-state index contributed by atoms with van der Waals surface area (Å²) >= 11 is 0. The summed E-state index contributed by atoms with van der Waals surface area (Å²) in [6, 6.07) is 4.76. The van der Waals surface area contributed by atoms with E-state index in [1.165, 1.54) is 12.8 Å². The van der Waals surface area contributed by atoms with Crippen LogP contribution in [0.1, 0.15) is 32.4 Å². The molecule has 0 spiro atoms. The van der Waals surface area contributed by atoms with Gasteiger partial charge in [0.2, 0.25) is 0 Å². The summed E-state index contributed by atoms with van der Waals surface area (Å²) in [5.74, 6) is 1.58. The number of aromatic nitrogens is 1. The molecule has 1 saturated carbocycles. The van der Waals surface area contributed by atoms with Crippen molar-refractivity contribution in [3.8, 4) is 5.75 Å². The van der Waals surface area contributed by atoms with Crippen LogP contribution in [0.2, 0.25) is 0 Å². The fourth-order valence-corrected chi connectivity index (χ4v) is 2.14. The quantitative estimate of drug-likeness (QED) is 0.751. The van der Waals surface area contributed by atoms with Crippen molar-refractivity contribution in [3.63, 3.8) is 0 Å². The Bertz CT molecular complexity index is 404. The summed E-state index contributed by atoms with van der Waals surface area (Å²) < 4.78 is 5.81. The van der Waals surface area contributed by atoms with Gasteiger partial charge in [-0.05, 0) is 38.4 Å². The van der Waals surface area contributed by atoms with Crippen LogP contribution in [0.25, 0.3) is 0 Å². The Kier molecular flexibility index (Phi) is 5.80. The molecule has 0 aliphatic heterocycles. The number of likely N-dealkylation sites (N-methyl/N-ethyl adjacent to an activating group) is 1. The maximum Gasteiger partial charge on any atom is 0.122 e. The van der Waals surface area contributed by atoms with Crippen molar-refractivity contribution in [2.24, 2.45) is 5.92 Å². The van der Waals surface area contributed by atoms with Gasteiger partial charge in [0.15, 0.2) is 0 Å². The van der Waals surface area contributed by atoms with Crippen molar-refractivity contribution in [1.82, 2.24) is 15.2 Å². The molecule has 1 aromatic rings. The SMILES string of the molecule is CC(C)CNCc1cc(OCCN(C)C2CC2)ccn1. The number of pyridine rings is 1. The number of hydrogen-bond donors (Lipinski definition) is 1. The third kappa shape index (κ3) is 5.47. The molecule has 0 bridgehead atoms. The first-order valence-electron chi connectivity index (χ1n) is 7.64. The maximum absolute atomic E-state index is 5.81. The van der Waals surface area contributed by atoms with Crippen molar-refractivity contribution in [1.29, 1.82) is 0 Å². The summed E-state index contributed by atoms with van der Waals surface area (Å²) in [5.41, 5.74) is 1.04. The van der Waals surface area contributed by atoms with Gasteiger partial charge in [-0.1, -0.05) is 13.8 Å². The molecule has 1 aliphatic carbocycles. The standard InChI is InChI=1S/C16H27N3O/c1-13(2)11-17-12-14-10-16(6-7-18-14)20-9-8-19(3)15-4-5-15/h6-7,10,13,15,17H,4-5,8-9,11-12H2,1-3H3. The number of hydrogen-bond acceptors (Lipinski definition) is 4. The van der Waals surface area contributed by atoms with E-state index in [1.807, 2.05) is 18.3 Å². The minimum Gasteiger partial charge on any atom is -0.492 e. The molecule has 1 aromatic heterocycles. The lowest BCUT2D eigenvalue weighted by Gasteiger charge is -2.16. The maximum atomic E-state index is 5.81. The van der Waals surface area contributed by atoms with Gasteiger partial charge in [0.05, 0.1) is 5.69 Å². The van der Waals surface area contributed by atoms with E-state index < -0.39 is 0 Å². The van der Waals surface area contributed by atoms with E-state index in [1.54, 1.807) is 0 Å². The fraction of sp³-hybridized carbons (Fsp3) is 0.688. The molecule has 0 atom stereocenters. The molecule has 0 amide bonds. The zero-order chi connectivity index (χ0) is 14.4. The zero-order valence-electron chi connectivity index (χ0n) is 12.9. The predicted molar refractivity (Wildman–Crippen MR) is 81.9 cm³/mol. The number of rotatable bonds is 9. The Morgan fingerprint density at radius 2 is 2.25 bits per heavy atom. The van der Waals surface area contributed by atoms with Gasteiger partial charge in [-0.2, -0.15) is 0 Å². The van der Waals surface area contributed by atoms with E-state index >= 15 is 0 Å². The van der Waals surface area contributed by atoms with Gasteiger partial charge in [-0.3, -0.25) is 4.98 Å². The molecule has 112 valence electrons. The first kappa shape index (κ1) is 15.3. The van der Waals surface area contributed by atoms with Crippen molar-refractivity contribution < 1.29 is 4.74 Å². The van der Waals surface area contributed by atoms with Crippen LogP contribution < -0.4 is 10.1 Å². The average Bonchev–Trinajstić information content (AvgIpc) is 3.23. The van der Waals surface area contributed by atoms with Gasteiger partial charge < -0.3 is 15.0 Å². The Labute approximate surface area is 122 Å². The van der Waals surface area contributed by atoms with Gasteiger partial charge in [0.1, 0.15) is 12.4 Å². The van der Waals surface area contributed by atoms with Gasteiger partial charge in [-0.15, -0.1) is 0 Å². The highest BCUT2D eigenvalue weighted by molar-refractivity contribution is 5.22. The Balaban J connectivity index is 1.70. The lowest BCUT2D eigenvalue weighted by Crippen LogP contribution is -2.26. The third-order valence-electron chi connectivity index (χ3n) is 3.53. The fourth-order valence-electron chi connectivity index (χ4n) is 2.14. The van der Waals surface area contributed by atoms with Crippen molar-refractivity contribution in [2.45, 2.75) is 39.3 Å². The molecular weight excluding hydrogens is 250 g/mol. The van der Waals surface area contributed by atoms with Crippen LogP contribution in [0.5, 0.6) is 5.75 Å². The molecule has 20 heavy (non-hydrogen) atoms. The molecular formula is C16H27N3O. The van der Waals surface area contributed by atoms with Crippen LogP contribution in [0.4, 0.5) is 0 Å². The summed E-state index contributed by atoms with van der Waals surface area (Å²) in [6.45, 7) is 7.97. The first-order chi connectivity index (χ1) is 9.65. The van der Waals surface area contributed by atoms with Crippen molar-refractivity contribution >= 4 is 0 Å². The van der Waals surface area contributed by atoms with Crippen LogP contribution in [0.15, 0.2) is 18.3 Å². The second-order valence-corrected chi connectivity index (χ2v) is 6.07. The highest BCUT2D eigenvalue weighted by Crippen LogP contribution is 2.24. The minimum atomic E-state index is 0.660. The highest BCUT2D eigenvalue weighted by atomic mass is 16.5. The summed E-state index contributed by atoms with van der Waals surface area (Å²) in [4.78, 5) is 6.75. The molecule has 1 aliphatic rings. The monoisotopic (exact) mass is 277 g/mol. The molecule has 1 fully saturated rings. The highest BCUT2D eigenvalue weighted by Gasteiger charge is 2.25. The van der Waals surface area contributed by atoms with E-state index in [9.17, 15) is 0 Å². The van der Waals surface area contributed by atoms with E-state index in [-0.39, 0.29) is 0 Å². The van der Waals surface area contributed by atoms with E-state index in [0.29, 0.717) is 5.92 Å². The van der Waals surface area contributed by atoms with E-state index in [0.717, 1.165) is 43.7 Å². The molecule has 0 radical (unpaired) electrons. The van der Waals surface area contributed by atoms with Crippen LogP contribution in [0, 0.1) is 5.92 Å². The number of nitrogens with one attached hydrogen (secondary N) is 1. The summed E-state index contributed by atoms with van der Waals surface area (Å²) in [5, 5.41) is 3.40. The van der Waals surface area contributed by atoms with Crippen LogP contribution in [-0.2, 0) is 6.54 Å². The Hall–Kier alpha value is -1.13. The third-order valence-corrected chi connectivity index (χ3v) is 3.53. The summed E-state index contributed by atoms with van der Waals surface area (Å²) in [6.07, 6.45) is 4.52. The smallest absolute Gasteiger partial charge is 0.122 e. The predicted octanol–water partition coefficient (Wildman–Crippen LogP) is 2.30. The molecule has 0 aromatic carbocycles. The lowest BCUT2D eigenvalue weighted by atomic mass is 10.2. The van der Waals surface area contributed by atoms with Crippen LogP contribution in [-0.4, -0.2) is 42.7 Å². The molecule has 4 heteroatoms. The first-order valence-corrected chi connectivity index (χ1v) is 7.64. The van der Waals surface area contributed by atoms with Crippen molar-refractivity contribution in [2.75, 3.05) is 26.7 Å². The minimum absolute atomic E-state index is 0.660. The van der Waals surface area contributed by atoms with Gasteiger partial charge in [0.25, 0.3) is 0 Å². The normalized spacial score (nSPS) is 15.1. The van der Waals surface area contributed by atoms with Crippen LogP contribution in [0.3, 0.4) is 0 Å². The topological polar surface area (TPSA) is 37.4 Å². The van der Waals surface area contributed by atoms with Gasteiger partial charge in [-0.25, -0.2) is 0 Å². The molecule has 4 nitrogen and oxygen atoms in total. The number of ether oxygens (including phenoxy) is 1.